The summed E-state index contributed by atoms with van der Waals surface area (Å²) in [5, 5.41) is 22.2. The SMILES string of the molecule is C/C(=C\C=C\C(C)c1nccc(C)n1)[C@H]1OC(=O)C[C@H](O)CC[C@@](C)(O)[C@@H](OC(=O)N2CCN(C3CCCCCC3)CC2)/C=C/[C@@H]1C. The number of nitrogens with zero attached hydrogens (tertiary/aromatic N) is 4. The first-order valence-corrected chi connectivity index (χ1v) is 17.6. The normalized spacial score (nSPS) is 30.9. The fourth-order valence-corrected chi connectivity index (χ4v) is 6.77. The van der Waals surface area contributed by atoms with Gasteiger partial charge in [-0.2, -0.15) is 0 Å². The summed E-state index contributed by atoms with van der Waals surface area (Å²) in [5.41, 5.74) is 0.262. The molecule has 2 aliphatic heterocycles. The minimum absolute atomic E-state index is 0.0114. The van der Waals surface area contributed by atoms with Gasteiger partial charge in [0.05, 0.1) is 12.5 Å². The lowest BCUT2D eigenvalue weighted by molar-refractivity contribution is -0.151. The summed E-state index contributed by atoms with van der Waals surface area (Å²) in [6.45, 7) is 12.2. The number of esters is 1. The third-order valence-corrected chi connectivity index (χ3v) is 9.89. The molecule has 47 heavy (non-hydrogen) atoms. The van der Waals surface area contributed by atoms with Crippen molar-refractivity contribution in [2.24, 2.45) is 5.92 Å². The van der Waals surface area contributed by atoms with E-state index in [0.717, 1.165) is 30.2 Å². The lowest BCUT2D eigenvalue weighted by atomic mass is 9.88. The monoisotopic (exact) mass is 652 g/mol. The van der Waals surface area contributed by atoms with E-state index in [9.17, 15) is 19.8 Å². The standard InChI is InChI=1S/C37H56N4O6/c1-26(11-10-12-28(3)35-38-20-18-29(4)39-35)34-27(2)15-16-32(37(5,45)19-17-31(42)25-33(43)47-34)46-36(44)41-23-21-40(22-24-41)30-13-8-6-7-9-14-30/h10-12,15-16,18,20,27-28,30-32,34,42,45H,6-9,13-14,17,19,21-25H2,1-5H3/b12-10+,16-15+,26-11+/t27-,28?,31+,32-,34+,37+/m0/s1. The highest BCUT2D eigenvalue weighted by molar-refractivity contribution is 5.70. The van der Waals surface area contributed by atoms with E-state index in [2.05, 4.69) is 14.9 Å². The summed E-state index contributed by atoms with van der Waals surface area (Å²) >= 11 is 0. The van der Waals surface area contributed by atoms with Gasteiger partial charge < -0.3 is 24.6 Å². The molecule has 1 aliphatic carbocycles. The maximum Gasteiger partial charge on any atom is 0.410 e. The molecule has 0 spiro atoms. The zero-order valence-corrected chi connectivity index (χ0v) is 29.0. The maximum absolute atomic E-state index is 13.4. The summed E-state index contributed by atoms with van der Waals surface area (Å²) in [7, 11) is 0. The van der Waals surface area contributed by atoms with Crippen molar-refractivity contribution in [1.29, 1.82) is 0 Å². The highest BCUT2D eigenvalue weighted by atomic mass is 16.6. The van der Waals surface area contributed by atoms with E-state index in [0.29, 0.717) is 19.1 Å². The van der Waals surface area contributed by atoms with E-state index in [1.165, 1.54) is 38.5 Å². The number of allylic oxidation sites excluding steroid dienone is 3. The van der Waals surface area contributed by atoms with E-state index in [-0.39, 0.29) is 31.1 Å². The van der Waals surface area contributed by atoms with Crippen molar-refractivity contribution >= 4 is 12.1 Å². The third-order valence-electron chi connectivity index (χ3n) is 9.89. The minimum atomic E-state index is -1.45. The topological polar surface area (TPSA) is 125 Å². The van der Waals surface area contributed by atoms with Gasteiger partial charge in [-0.05, 0) is 64.2 Å². The first-order valence-electron chi connectivity index (χ1n) is 17.6. The van der Waals surface area contributed by atoms with Crippen LogP contribution in [0.1, 0.15) is 103 Å². The highest BCUT2D eigenvalue weighted by Crippen LogP contribution is 2.28. The zero-order valence-electron chi connectivity index (χ0n) is 29.0. The Labute approximate surface area is 280 Å². The zero-order chi connectivity index (χ0) is 34.0. The van der Waals surface area contributed by atoms with Crippen molar-refractivity contribution in [3.63, 3.8) is 0 Å². The van der Waals surface area contributed by atoms with Gasteiger partial charge in [0, 0.05) is 55.9 Å². The van der Waals surface area contributed by atoms with Crippen LogP contribution in [0.3, 0.4) is 0 Å². The molecule has 1 unspecified atom stereocenters. The molecular weight excluding hydrogens is 596 g/mol. The van der Waals surface area contributed by atoms with Crippen molar-refractivity contribution in [2.75, 3.05) is 26.2 Å². The van der Waals surface area contributed by atoms with Crippen LogP contribution in [0.2, 0.25) is 0 Å². The van der Waals surface area contributed by atoms with Gasteiger partial charge in [-0.15, -0.1) is 0 Å². The van der Waals surface area contributed by atoms with E-state index >= 15 is 0 Å². The Morgan fingerprint density at radius 2 is 1.83 bits per heavy atom. The van der Waals surface area contributed by atoms with Crippen molar-refractivity contribution < 1.29 is 29.3 Å². The Morgan fingerprint density at radius 1 is 1.13 bits per heavy atom. The molecule has 1 saturated heterocycles. The van der Waals surface area contributed by atoms with Crippen LogP contribution < -0.4 is 0 Å². The number of ether oxygens (including phenoxy) is 2. The van der Waals surface area contributed by atoms with Crippen LogP contribution in [0.15, 0.2) is 48.2 Å². The molecule has 1 amide bonds. The molecule has 2 N–H and O–H groups in total. The van der Waals surface area contributed by atoms with E-state index in [4.69, 9.17) is 9.47 Å². The Balaban J connectivity index is 1.46. The average Bonchev–Trinajstić information content (AvgIpc) is 3.34. The predicted molar refractivity (Wildman–Crippen MR) is 182 cm³/mol. The Kier molecular flexibility index (Phi) is 13.6. The maximum atomic E-state index is 13.4. The van der Waals surface area contributed by atoms with Gasteiger partial charge in [0.25, 0.3) is 0 Å². The van der Waals surface area contributed by atoms with E-state index in [1.54, 1.807) is 24.1 Å². The number of hydrogen-bond donors (Lipinski definition) is 2. The molecule has 3 aliphatic rings. The van der Waals surface area contributed by atoms with Crippen LogP contribution in [0.4, 0.5) is 4.79 Å². The predicted octanol–water partition coefficient (Wildman–Crippen LogP) is 5.64. The second-order valence-corrected chi connectivity index (χ2v) is 14.0. The number of carbonyl (C=O) groups is 2. The molecule has 10 nitrogen and oxygen atoms in total. The molecular formula is C37H56N4O6. The fourth-order valence-electron chi connectivity index (χ4n) is 6.77. The summed E-state index contributed by atoms with van der Waals surface area (Å²) in [6, 6.07) is 2.46. The molecule has 260 valence electrons. The number of cyclic esters (lactones) is 1. The number of hydrogen-bond acceptors (Lipinski definition) is 9. The first kappa shape index (κ1) is 36.8. The molecule has 1 aromatic heterocycles. The van der Waals surface area contributed by atoms with Crippen LogP contribution in [0.5, 0.6) is 0 Å². The Hall–Kier alpha value is -3.08. The van der Waals surface area contributed by atoms with Crippen molar-refractivity contribution in [1.82, 2.24) is 19.8 Å². The largest absolute Gasteiger partial charge is 0.457 e. The van der Waals surface area contributed by atoms with Gasteiger partial charge in [-0.1, -0.05) is 63.8 Å². The minimum Gasteiger partial charge on any atom is -0.457 e. The molecule has 10 heteroatoms. The number of aliphatic hydroxyl groups is 2. The van der Waals surface area contributed by atoms with Gasteiger partial charge in [0.2, 0.25) is 0 Å². The second-order valence-electron chi connectivity index (χ2n) is 14.0. The molecule has 4 rings (SSSR count). The molecule has 0 bridgehead atoms. The van der Waals surface area contributed by atoms with Crippen molar-refractivity contribution in [3.8, 4) is 0 Å². The average molecular weight is 653 g/mol. The second kappa shape index (κ2) is 17.4. The molecule has 0 radical (unpaired) electrons. The number of rotatable bonds is 6. The number of aromatic nitrogens is 2. The van der Waals surface area contributed by atoms with E-state index in [1.807, 2.05) is 58.1 Å². The molecule has 0 aromatic carbocycles. The van der Waals surface area contributed by atoms with Crippen LogP contribution in [-0.2, 0) is 14.3 Å². The fraction of sp³-hybridized carbons (Fsp3) is 0.676. The van der Waals surface area contributed by atoms with Gasteiger partial charge in [-0.25, -0.2) is 14.8 Å². The summed E-state index contributed by atoms with van der Waals surface area (Å²) < 4.78 is 11.9. The van der Waals surface area contributed by atoms with Crippen LogP contribution in [-0.4, -0.2) is 98.2 Å². The molecule has 1 aromatic rings. The molecule has 1 saturated carbocycles. The van der Waals surface area contributed by atoms with Crippen molar-refractivity contribution in [3.05, 3.63) is 59.7 Å². The number of piperazine rings is 1. The number of amides is 1. The first-order chi connectivity index (χ1) is 22.4. The summed E-state index contributed by atoms with van der Waals surface area (Å²) in [5.74, 6) is -0.100. The third kappa shape index (κ3) is 11.0. The summed E-state index contributed by atoms with van der Waals surface area (Å²) in [6.07, 6.45) is 15.8. The number of aliphatic hydroxyl groups excluding tert-OH is 1. The van der Waals surface area contributed by atoms with Gasteiger partial charge in [0.15, 0.2) is 6.10 Å². The van der Waals surface area contributed by atoms with Crippen LogP contribution >= 0.6 is 0 Å². The highest BCUT2D eigenvalue weighted by Gasteiger charge is 2.37. The van der Waals surface area contributed by atoms with Crippen LogP contribution in [0, 0.1) is 12.8 Å². The van der Waals surface area contributed by atoms with Gasteiger partial charge in [-0.3, -0.25) is 9.69 Å². The molecule has 2 fully saturated rings. The number of carbonyl (C=O) groups excluding carboxylic acids is 2. The quantitative estimate of drug-likeness (QED) is 0.174. The molecule has 6 atom stereocenters. The molecule has 3 heterocycles. The Morgan fingerprint density at radius 3 is 2.51 bits per heavy atom. The lowest BCUT2D eigenvalue weighted by Gasteiger charge is -2.40. The van der Waals surface area contributed by atoms with Gasteiger partial charge in [0.1, 0.15) is 17.5 Å². The smallest absolute Gasteiger partial charge is 0.410 e. The summed E-state index contributed by atoms with van der Waals surface area (Å²) in [4.78, 5) is 39.4. The van der Waals surface area contributed by atoms with E-state index < -0.39 is 36.0 Å². The van der Waals surface area contributed by atoms with Crippen molar-refractivity contribution in [2.45, 2.75) is 128 Å². The van der Waals surface area contributed by atoms with Crippen LogP contribution in [0.25, 0.3) is 0 Å². The van der Waals surface area contributed by atoms with Gasteiger partial charge >= 0.3 is 12.1 Å². The Bertz CT molecular complexity index is 1260. The lowest BCUT2D eigenvalue weighted by Crippen LogP contribution is -2.53. The number of aryl methyl sites for hydroxylation is 1.